The minimum absolute atomic E-state index is 0.0512. The van der Waals surface area contributed by atoms with Crippen molar-refractivity contribution in [3.05, 3.63) is 69.2 Å². The van der Waals surface area contributed by atoms with Gasteiger partial charge in [-0.1, -0.05) is 64.3 Å². The van der Waals surface area contributed by atoms with Gasteiger partial charge in [0, 0.05) is 17.1 Å². The van der Waals surface area contributed by atoms with Gasteiger partial charge >= 0.3 is 0 Å². The highest BCUT2D eigenvalue weighted by Crippen LogP contribution is 2.17. The van der Waals surface area contributed by atoms with Gasteiger partial charge in [0.15, 0.2) is 0 Å². The van der Waals surface area contributed by atoms with Crippen LogP contribution in [-0.2, 0) is 22.6 Å². The predicted octanol–water partition coefficient (Wildman–Crippen LogP) is 4.94. The number of nitrogens with one attached hydrogen (secondary N) is 1. The van der Waals surface area contributed by atoms with Gasteiger partial charge in [0.1, 0.15) is 6.04 Å². The molecule has 0 aliphatic carbocycles. The first-order valence-corrected chi connectivity index (χ1v) is 10.9. The molecular weight excluding hydrogens is 428 g/mol. The lowest BCUT2D eigenvalue weighted by atomic mass is 10.0. The molecule has 0 spiro atoms. The van der Waals surface area contributed by atoms with Crippen LogP contribution in [-0.4, -0.2) is 28.8 Å². The van der Waals surface area contributed by atoms with Crippen LogP contribution in [0.3, 0.4) is 0 Å². The number of hydrogen-bond donors (Lipinski definition) is 1. The van der Waals surface area contributed by atoms with Gasteiger partial charge in [0.2, 0.25) is 11.8 Å². The summed E-state index contributed by atoms with van der Waals surface area (Å²) in [6.07, 6.45) is 1.13. The van der Waals surface area contributed by atoms with E-state index < -0.39 is 6.04 Å². The second kappa shape index (κ2) is 10.6. The third-order valence-corrected chi connectivity index (χ3v) is 5.60. The number of nitrogens with zero attached hydrogens (tertiary/aromatic N) is 1. The van der Waals surface area contributed by atoms with E-state index in [9.17, 15) is 9.59 Å². The maximum absolute atomic E-state index is 13.2. The molecule has 156 valence electrons. The molecule has 0 aliphatic heterocycles. The monoisotopic (exact) mass is 458 g/mol. The van der Waals surface area contributed by atoms with E-state index in [4.69, 9.17) is 0 Å². The highest BCUT2D eigenvalue weighted by atomic mass is 79.9. The van der Waals surface area contributed by atoms with Crippen molar-refractivity contribution in [3.63, 3.8) is 0 Å². The van der Waals surface area contributed by atoms with E-state index in [0.717, 1.165) is 33.1 Å². The molecule has 2 rings (SSSR count). The fourth-order valence-corrected chi connectivity index (χ4v) is 3.55. The normalized spacial score (nSPS) is 12.9. The largest absolute Gasteiger partial charge is 0.352 e. The molecular formula is C24H31BrN2O2. The number of rotatable bonds is 8. The number of benzene rings is 2. The first-order valence-electron chi connectivity index (χ1n) is 10.1. The lowest BCUT2D eigenvalue weighted by molar-refractivity contribution is -0.140. The van der Waals surface area contributed by atoms with Gasteiger partial charge in [-0.2, -0.15) is 0 Å². The van der Waals surface area contributed by atoms with Gasteiger partial charge < -0.3 is 10.2 Å². The van der Waals surface area contributed by atoms with Crippen LogP contribution in [0.25, 0.3) is 0 Å². The summed E-state index contributed by atoms with van der Waals surface area (Å²) in [7, 11) is 0. The highest BCUT2D eigenvalue weighted by molar-refractivity contribution is 9.10. The second-order valence-electron chi connectivity index (χ2n) is 7.81. The number of hydrogen-bond acceptors (Lipinski definition) is 2. The molecule has 4 nitrogen and oxygen atoms in total. The van der Waals surface area contributed by atoms with Crippen LogP contribution in [0.4, 0.5) is 0 Å². The number of carbonyl (C=O) groups excluding carboxylic acids is 2. The van der Waals surface area contributed by atoms with Crippen LogP contribution in [0, 0.1) is 13.8 Å². The molecule has 2 aromatic carbocycles. The molecule has 0 fully saturated rings. The fraction of sp³-hybridized carbons (Fsp3) is 0.417. The standard InChI is InChI=1S/C24H31BrN2O2/c1-6-18(4)26-24(29)19(5)27(15-20-7-9-22(25)10-8-20)23(28)14-21-12-16(2)11-17(3)13-21/h7-13,18-19H,6,14-15H2,1-5H3,(H,26,29)/t18-,19-/m1/s1. The average Bonchev–Trinajstić information content (AvgIpc) is 2.65. The average molecular weight is 459 g/mol. The Kier molecular flexibility index (Phi) is 8.45. The van der Waals surface area contributed by atoms with Crippen molar-refractivity contribution in [2.24, 2.45) is 0 Å². The number of amides is 2. The molecule has 0 radical (unpaired) electrons. The van der Waals surface area contributed by atoms with E-state index in [2.05, 4.69) is 27.3 Å². The van der Waals surface area contributed by atoms with Crippen molar-refractivity contribution in [2.45, 2.75) is 66.1 Å². The third-order valence-electron chi connectivity index (χ3n) is 5.07. The Bertz CT molecular complexity index is 828. The van der Waals surface area contributed by atoms with Crippen molar-refractivity contribution >= 4 is 27.7 Å². The molecule has 0 bridgehead atoms. The molecule has 0 saturated heterocycles. The summed E-state index contributed by atoms with van der Waals surface area (Å²) in [6.45, 7) is 10.3. The molecule has 2 aromatic rings. The summed E-state index contributed by atoms with van der Waals surface area (Å²) < 4.78 is 0.983. The minimum atomic E-state index is -0.550. The van der Waals surface area contributed by atoms with Crippen molar-refractivity contribution in [1.82, 2.24) is 10.2 Å². The molecule has 2 amide bonds. The molecule has 2 atom stereocenters. The molecule has 1 N–H and O–H groups in total. The number of carbonyl (C=O) groups is 2. The Labute approximate surface area is 182 Å². The molecule has 29 heavy (non-hydrogen) atoms. The number of aryl methyl sites for hydroxylation is 2. The Balaban J connectivity index is 2.25. The Morgan fingerprint density at radius 3 is 2.14 bits per heavy atom. The van der Waals surface area contributed by atoms with Crippen LogP contribution >= 0.6 is 15.9 Å². The fourth-order valence-electron chi connectivity index (χ4n) is 3.28. The maximum Gasteiger partial charge on any atom is 0.242 e. The van der Waals surface area contributed by atoms with E-state index in [1.54, 1.807) is 11.8 Å². The minimum Gasteiger partial charge on any atom is -0.352 e. The maximum atomic E-state index is 13.2. The molecule has 0 heterocycles. The zero-order valence-electron chi connectivity index (χ0n) is 18.0. The summed E-state index contributed by atoms with van der Waals surface area (Å²) in [5.74, 6) is -0.171. The lowest BCUT2D eigenvalue weighted by Crippen LogP contribution is -2.49. The van der Waals surface area contributed by atoms with Crippen molar-refractivity contribution in [3.8, 4) is 0 Å². The van der Waals surface area contributed by atoms with E-state index >= 15 is 0 Å². The summed E-state index contributed by atoms with van der Waals surface area (Å²) in [5.41, 5.74) is 4.23. The quantitative estimate of drug-likeness (QED) is 0.608. The van der Waals surface area contributed by atoms with E-state index in [1.165, 1.54) is 0 Å². The first kappa shape index (κ1) is 23.1. The predicted molar refractivity (Wildman–Crippen MR) is 122 cm³/mol. The molecule has 0 aromatic heterocycles. The van der Waals surface area contributed by atoms with E-state index in [1.807, 2.05) is 64.1 Å². The van der Waals surface area contributed by atoms with Gasteiger partial charge in [-0.15, -0.1) is 0 Å². The number of halogens is 1. The zero-order valence-corrected chi connectivity index (χ0v) is 19.5. The van der Waals surface area contributed by atoms with Crippen molar-refractivity contribution < 1.29 is 9.59 Å². The van der Waals surface area contributed by atoms with Crippen molar-refractivity contribution in [1.29, 1.82) is 0 Å². The topological polar surface area (TPSA) is 49.4 Å². The summed E-state index contributed by atoms with van der Waals surface area (Å²) >= 11 is 3.44. The third kappa shape index (κ3) is 7.00. The summed E-state index contributed by atoms with van der Waals surface area (Å²) in [6, 6.07) is 13.5. The second-order valence-corrected chi connectivity index (χ2v) is 8.73. The van der Waals surface area contributed by atoms with Crippen LogP contribution < -0.4 is 5.32 Å². The molecule has 0 aliphatic rings. The Morgan fingerprint density at radius 1 is 1.00 bits per heavy atom. The zero-order chi connectivity index (χ0) is 21.6. The smallest absolute Gasteiger partial charge is 0.242 e. The SMILES string of the molecule is CC[C@@H](C)NC(=O)[C@@H](C)N(Cc1ccc(Br)cc1)C(=O)Cc1cc(C)cc(C)c1. The first-order chi connectivity index (χ1) is 13.7. The Hall–Kier alpha value is -2.14. The Morgan fingerprint density at radius 2 is 1.59 bits per heavy atom. The van der Waals surface area contributed by atoms with Crippen LogP contribution in [0.1, 0.15) is 49.4 Å². The van der Waals surface area contributed by atoms with Crippen LogP contribution in [0.15, 0.2) is 46.9 Å². The van der Waals surface area contributed by atoms with E-state index in [-0.39, 0.29) is 24.3 Å². The van der Waals surface area contributed by atoms with Crippen molar-refractivity contribution in [2.75, 3.05) is 0 Å². The van der Waals surface area contributed by atoms with E-state index in [0.29, 0.717) is 6.54 Å². The van der Waals surface area contributed by atoms with Crippen LogP contribution in [0.2, 0.25) is 0 Å². The van der Waals surface area contributed by atoms with Gasteiger partial charge in [-0.05, 0) is 57.4 Å². The summed E-state index contributed by atoms with van der Waals surface area (Å²) in [4.78, 5) is 27.7. The van der Waals surface area contributed by atoms with Gasteiger partial charge in [-0.3, -0.25) is 9.59 Å². The van der Waals surface area contributed by atoms with Crippen LogP contribution in [0.5, 0.6) is 0 Å². The van der Waals surface area contributed by atoms with Gasteiger partial charge in [-0.25, -0.2) is 0 Å². The molecule has 5 heteroatoms. The molecule has 0 unspecified atom stereocenters. The molecule has 0 saturated carbocycles. The van der Waals surface area contributed by atoms with Gasteiger partial charge in [0.05, 0.1) is 6.42 Å². The lowest BCUT2D eigenvalue weighted by Gasteiger charge is -2.30. The van der Waals surface area contributed by atoms with Gasteiger partial charge in [0.25, 0.3) is 0 Å². The summed E-state index contributed by atoms with van der Waals surface area (Å²) in [5, 5.41) is 3.00. The highest BCUT2D eigenvalue weighted by Gasteiger charge is 2.26.